The maximum Gasteiger partial charge on any atom is 0.149 e. The number of hydrogen-bond acceptors (Lipinski definition) is 3. The van der Waals surface area contributed by atoms with Gasteiger partial charge < -0.3 is 5.11 Å². The van der Waals surface area contributed by atoms with Crippen LogP contribution >= 0.6 is 0 Å². The molecule has 314 valence electrons. The molecule has 0 saturated carbocycles. The molecule has 8 rings (SSSR count). The van der Waals surface area contributed by atoms with Crippen LogP contribution in [0.5, 0.6) is 5.75 Å². The predicted octanol–water partition coefficient (Wildman–Crippen LogP) is 15.7. The third-order valence-corrected chi connectivity index (χ3v) is 11.9. The summed E-state index contributed by atoms with van der Waals surface area (Å²) < 4.78 is 44.5. The van der Waals surface area contributed by atoms with Gasteiger partial charge in [0.15, 0.2) is 0 Å². The average molecular weight is 821 g/mol. The van der Waals surface area contributed by atoms with E-state index in [1.165, 1.54) is 5.56 Å². The number of para-hydroxylation sites is 1. The van der Waals surface area contributed by atoms with E-state index >= 15 is 0 Å². The SMILES string of the molecule is [2H]c1c([2H])c([2H])c(-c2ccnc(-c3cc(-c4cccc5c4nc(-c4cc(C(C)(C)C)cc(C(C)(C)C)c4O)n5-c4ccc(C(C)(C)C)cc4-c4ccccc4)cc(C(C)(C)C)c3)c2)c([2H])c1[2H]. The van der Waals surface area contributed by atoms with E-state index in [-0.39, 0.29) is 57.1 Å². The Balaban J connectivity index is 1.46. The molecule has 0 aliphatic heterocycles. The fraction of sp³-hybridized carbons (Fsp3) is 0.276. The number of benzene rings is 6. The standard InChI is InChI=1S/C58H61N3O/c1-55(2,3)42-26-27-50(46(34-42)38-22-17-14-18-23-38)61-51-25-19-24-45(52(51)60-54(61)47-35-44(57(7,8)9)36-48(53(47)62)58(10,11)12)40-30-41(32-43(31-40)56(4,5)6)49-33-39(28-29-59-49)37-20-15-13-16-21-37/h13-36,62H,1-12H3/i13D,15D,16D,20D,21D. The first-order valence-corrected chi connectivity index (χ1v) is 21.6. The monoisotopic (exact) mass is 821 g/mol. The van der Waals surface area contributed by atoms with Gasteiger partial charge in [-0.2, -0.15) is 0 Å². The molecule has 8 aromatic rings. The van der Waals surface area contributed by atoms with Crippen LogP contribution in [-0.2, 0) is 21.7 Å². The van der Waals surface area contributed by atoms with Crippen molar-refractivity contribution < 1.29 is 12.0 Å². The molecule has 2 aromatic heterocycles. The molecule has 0 radical (unpaired) electrons. The van der Waals surface area contributed by atoms with Crippen molar-refractivity contribution in [1.29, 1.82) is 0 Å². The first-order valence-electron chi connectivity index (χ1n) is 24.1. The van der Waals surface area contributed by atoms with E-state index in [0.717, 1.165) is 61.2 Å². The van der Waals surface area contributed by atoms with Crippen molar-refractivity contribution in [3.63, 3.8) is 0 Å². The lowest BCUT2D eigenvalue weighted by atomic mass is 9.79. The van der Waals surface area contributed by atoms with Gasteiger partial charge >= 0.3 is 0 Å². The van der Waals surface area contributed by atoms with Crippen LogP contribution in [0.25, 0.3) is 72.7 Å². The summed E-state index contributed by atoms with van der Waals surface area (Å²) in [5.74, 6) is 0.825. The van der Waals surface area contributed by atoms with Crippen molar-refractivity contribution in [3.8, 4) is 67.5 Å². The maximum absolute atomic E-state index is 12.5. The average Bonchev–Trinajstić information content (AvgIpc) is 3.66. The van der Waals surface area contributed by atoms with E-state index in [0.29, 0.717) is 22.6 Å². The molecule has 0 aliphatic carbocycles. The number of imidazole rings is 1. The zero-order chi connectivity index (χ0) is 48.7. The molecular formula is C58H61N3O. The zero-order valence-electron chi connectivity index (χ0n) is 43.3. The summed E-state index contributed by atoms with van der Waals surface area (Å²) in [6.45, 7) is 26.2. The minimum atomic E-state index is -0.430. The highest BCUT2D eigenvalue weighted by atomic mass is 16.3. The third kappa shape index (κ3) is 8.23. The summed E-state index contributed by atoms with van der Waals surface area (Å²) in [6.07, 6.45) is 1.63. The van der Waals surface area contributed by atoms with Gasteiger partial charge in [0, 0.05) is 28.5 Å². The van der Waals surface area contributed by atoms with Crippen LogP contribution in [0.1, 0.15) is 112 Å². The van der Waals surface area contributed by atoms with Gasteiger partial charge in [0.2, 0.25) is 0 Å². The number of pyridine rings is 1. The summed E-state index contributed by atoms with van der Waals surface area (Å²) in [6, 6.07) is 35.9. The summed E-state index contributed by atoms with van der Waals surface area (Å²) in [5, 5.41) is 12.5. The second kappa shape index (κ2) is 15.6. The van der Waals surface area contributed by atoms with Gasteiger partial charge in [0.1, 0.15) is 11.6 Å². The van der Waals surface area contributed by atoms with Crippen molar-refractivity contribution >= 4 is 11.0 Å². The molecule has 0 fully saturated rings. The van der Waals surface area contributed by atoms with Crippen LogP contribution in [-0.4, -0.2) is 19.6 Å². The van der Waals surface area contributed by atoms with Gasteiger partial charge in [-0.05, 0) is 109 Å². The molecule has 4 heteroatoms. The third-order valence-electron chi connectivity index (χ3n) is 11.9. The summed E-state index contributed by atoms with van der Waals surface area (Å²) in [4.78, 5) is 10.4. The first-order chi connectivity index (χ1) is 31.3. The Labute approximate surface area is 376 Å². The Morgan fingerprint density at radius 1 is 0.500 bits per heavy atom. The number of phenols is 1. The first kappa shape index (κ1) is 36.4. The predicted molar refractivity (Wildman–Crippen MR) is 263 cm³/mol. The Morgan fingerprint density at radius 2 is 1.15 bits per heavy atom. The highest BCUT2D eigenvalue weighted by Gasteiger charge is 2.30. The second-order valence-electron chi connectivity index (χ2n) is 20.7. The number of hydrogen-bond donors (Lipinski definition) is 1. The normalized spacial score (nSPS) is 13.7. The molecule has 0 spiro atoms. The maximum atomic E-state index is 12.5. The molecule has 62 heavy (non-hydrogen) atoms. The van der Waals surface area contributed by atoms with Gasteiger partial charge in [-0.1, -0.05) is 174 Å². The number of aromatic nitrogens is 3. The molecule has 0 atom stereocenters. The smallest absolute Gasteiger partial charge is 0.149 e. The van der Waals surface area contributed by atoms with E-state index in [9.17, 15) is 5.11 Å². The fourth-order valence-corrected chi connectivity index (χ4v) is 8.12. The van der Waals surface area contributed by atoms with Crippen LogP contribution in [0.3, 0.4) is 0 Å². The van der Waals surface area contributed by atoms with Crippen LogP contribution in [0.15, 0.2) is 146 Å². The Hall–Kier alpha value is -6.26. The second-order valence-corrected chi connectivity index (χ2v) is 20.7. The lowest BCUT2D eigenvalue weighted by Crippen LogP contribution is -2.17. The molecule has 0 amide bonds. The van der Waals surface area contributed by atoms with Gasteiger partial charge in [-0.3, -0.25) is 9.55 Å². The molecule has 2 heterocycles. The highest BCUT2D eigenvalue weighted by Crippen LogP contribution is 2.46. The molecule has 1 N–H and O–H groups in total. The molecule has 0 saturated heterocycles. The lowest BCUT2D eigenvalue weighted by Gasteiger charge is -2.28. The molecule has 6 aromatic carbocycles. The van der Waals surface area contributed by atoms with Crippen molar-refractivity contribution in [2.75, 3.05) is 0 Å². The summed E-state index contributed by atoms with van der Waals surface area (Å²) >= 11 is 0. The molecule has 4 nitrogen and oxygen atoms in total. The lowest BCUT2D eigenvalue weighted by molar-refractivity contribution is 0.446. The number of aromatic hydroxyl groups is 1. The molecular weight excluding hydrogens is 755 g/mol. The van der Waals surface area contributed by atoms with E-state index < -0.39 is 6.04 Å². The fourth-order valence-electron chi connectivity index (χ4n) is 8.12. The van der Waals surface area contributed by atoms with E-state index in [1.807, 2.05) is 6.07 Å². The van der Waals surface area contributed by atoms with Crippen LogP contribution in [0, 0.1) is 0 Å². The summed E-state index contributed by atoms with van der Waals surface area (Å²) in [5.41, 5.74) is 12.3. The molecule has 0 bridgehead atoms. The van der Waals surface area contributed by atoms with Crippen LogP contribution in [0.2, 0.25) is 0 Å². The number of nitrogens with zero attached hydrogens (tertiary/aromatic N) is 3. The van der Waals surface area contributed by atoms with Crippen molar-refractivity contribution in [1.82, 2.24) is 14.5 Å². The summed E-state index contributed by atoms with van der Waals surface area (Å²) in [7, 11) is 0. The topological polar surface area (TPSA) is 50.9 Å². The van der Waals surface area contributed by atoms with Crippen LogP contribution in [0.4, 0.5) is 0 Å². The minimum absolute atomic E-state index is 0.116. The van der Waals surface area contributed by atoms with Gasteiger partial charge in [0.25, 0.3) is 0 Å². The Kier molecular flexibility index (Phi) is 9.15. The van der Waals surface area contributed by atoms with E-state index in [1.54, 1.807) is 18.3 Å². The zero-order valence-corrected chi connectivity index (χ0v) is 38.3. The van der Waals surface area contributed by atoms with Crippen molar-refractivity contribution in [2.45, 2.75) is 105 Å². The quantitative estimate of drug-likeness (QED) is 0.182. The number of fused-ring (bicyclic) bond motifs is 1. The Morgan fingerprint density at radius 3 is 1.81 bits per heavy atom. The van der Waals surface area contributed by atoms with Gasteiger partial charge in [-0.15, -0.1) is 0 Å². The molecule has 0 aliphatic rings. The Bertz CT molecular complexity index is 3200. The van der Waals surface area contributed by atoms with Crippen molar-refractivity contribution in [2.24, 2.45) is 0 Å². The minimum Gasteiger partial charge on any atom is -0.507 e. The van der Waals surface area contributed by atoms with Gasteiger partial charge in [0.05, 0.1) is 34.8 Å². The highest BCUT2D eigenvalue weighted by molar-refractivity contribution is 5.98. The molecule has 0 unspecified atom stereocenters. The van der Waals surface area contributed by atoms with E-state index in [4.69, 9.17) is 16.8 Å². The van der Waals surface area contributed by atoms with E-state index in [2.05, 4.69) is 179 Å². The largest absolute Gasteiger partial charge is 0.507 e. The van der Waals surface area contributed by atoms with Crippen LogP contribution < -0.4 is 0 Å². The van der Waals surface area contributed by atoms with Gasteiger partial charge in [-0.25, -0.2) is 4.98 Å². The van der Waals surface area contributed by atoms with Crippen molar-refractivity contribution in [3.05, 3.63) is 168 Å². The number of phenolic OH excluding ortho intramolecular Hbond substituents is 1. The number of rotatable bonds is 6.